The largest absolute Gasteiger partial charge is 0.351 e. The second kappa shape index (κ2) is 7.61. The number of aliphatic imine (C=N–C) groups is 1. The average molecular weight is 364 g/mol. The van der Waals surface area contributed by atoms with Crippen LogP contribution in [-0.4, -0.2) is 23.8 Å². The van der Waals surface area contributed by atoms with Crippen LogP contribution in [0.1, 0.15) is 31.4 Å². The lowest BCUT2D eigenvalue weighted by Gasteiger charge is -2.26. The Hall–Kier alpha value is -3.15. The number of hydrogen-bond acceptors (Lipinski definition) is 3. The van der Waals surface area contributed by atoms with Crippen LogP contribution in [0.25, 0.3) is 0 Å². The summed E-state index contributed by atoms with van der Waals surface area (Å²) in [5.41, 5.74) is 9.50. The van der Waals surface area contributed by atoms with E-state index >= 15 is 0 Å². The third kappa shape index (κ3) is 4.00. The maximum atomic E-state index is 12.9. The van der Waals surface area contributed by atoms with Gasteiger partial charge in [-0.25, -0.2) is 4.79 Å². The predicted molar refractivity (Wildman–Crippen MR) is 108 cm³/mol. The Bertz CT molecular complexity index is 905. The number of fused-ring (bicyclic) bond motifs is 1. The van der Waals surface area contributed by atoms with Gasteiger partial charge in [-0.05, 0) is 43.0 Å². The Kier molecular flexibility index (Phi) is 5.26. The van der Waals surface area contributed by atoms with Gasteiger partial charge in [-0.15, -0.1) is 0 Å². The van der Waals surface area contributed by atoms with Crippen LogP contribution in [0.15, 0.2) is 53.5 Å². The summed E-state index contributed by atoms with van der Waals surface area (Å²) in [5.74, 6) is -0.0480. The third-order valence-electron chi connectivity index (χ3n) is 4.37. The van der Waals surface area contributed by atoms with E-state index in [1.165, 1.54) is 4.90 Å². The van der Waals surface area contributed by atoms with E-state index in [1.54, 1.807) is 6.07 Å². The van der Waals surface area contributed by atoms with Gasteiger partial charge >= 0.3 is 6.03 Å². The number of carbonyl (C=O) groups excluding carboxylic acids is 2. The van der Waals surface area contributed by atoms with Crippen LogP contribution in [0.4, 0.5) is 16.2 Å². The second-order valence-electron chi connectivity index (χ2n) is 7.13. The van der Waals surface area contributed by atoms with Crippen molar-refractivity contribution in [3.8, 4) is 0 Å². The highest BCUT2D eigenvalue weighted by molar-refractivity contribution is 6.14. The van der Waals surface area contributed by atoms with Crippen LogP contribution in [0.3, 0.4) is 0 Å². The number of para-hydroxylation sites is 1. The Morgan fingerprint density at radius 2 is 1.96 bits per heavy atom. The fraction of sp³-hybridized carbons (Fsp3) is 0.286. The molecule has 0 aliphatic carbocycles. The predicted octanol–water partition coefficient (Wildman–Crippen LogP) is 3.69. The van der Waals surface area contributed by atoms with Gasteiger partial charge in [0.05, 0.1) is 0 Å². The maximum Gasteiger partial charge on any atom is 0.321 e. The molecule has 0 saturated heterocycles. The zero-order chi connectivity index (χ0) is 19.6. The molecule has 140 valence electrons. The molecule has 27 heavy (non-hydrogen) atoms. The molecule has 1 aliphatic rings. The molecule has 0 aromatic heterocycles. The van der Waals surface area contributed by atoms with Gasteiger partial charge < -0.3 is 11.1 Å². The van der Waals surface area contributed by atoms with Crippen molar-refractivity contribution in [2.45, 2.75) is 33.4 Å². The van der Waals surface area contributed by atoms with Gasteiger partial charge in [-0.2, -0.15) is 0 Å². The molecule has 2 aromatic rings. The monoisotopic (exact) mass is 364 g/mol. The molecule has 0 saturated carbocycles. The molecule has 0 bridgehead atoms. The fourth-order valence-electron chi connectivity index (χ4n) is 3.21. The summed E-state index contributed by atoms with van der Waals surface area (Å²) >= 11 is 0. The minimum atomic E-state index is -1.06. The van der Waals surface area contributed by atoms with Crippen LogP contribution < -0.4 is 16.0 Å². The Morgan fingerprint density at radius 1 is 1.22 bits per heavy atom. The highest BCUT2D eigenvalue weighted by atomic mass is 16.2. The van der Waals surface area contributed by atoms with Gasteiger partial charge in [0.15, 0.2) is 0 Å². The van der Waals surface area contributed by atoms with E-state index in [0.717, 1.165) is 16.8 Å². The van der Waals surface area contributed by atoms with Gasteiger partial charge in [0.1, 0.15) is 0 Å². The molecule has 1 aliphatic heterocycles. The van der Waals surface area contributed by atoms with Crippen LogP contribution in [0.2, 0.25) is 0 Å². The van der Waals surface area contributed by atoms with Gasteiger partial charge in [-0.3, -0.25) is 14.7 Å². The van der Waals surface area contributed by atoms with Crippen molar-refractivity contribution in [1.82, 2.24) is 0 Å². The Balaban J connectivity index is 2.12. The van der Waals surface area contributed by atoms with Gasteiger partial charge in [0.25, 0.3) is 5.91 Å². The lowest BCUT2D eigenvalue weighted by Crippen LogP contribution is -2.49. The van der Waals surface area contributed by atoms with E-state index in [9.17, 15) is 9.59 Å². The number of urea groups is 1. The number of nitrogens with zero attached hydrogens (tertiary/aromatic N) is 2. The first-order valence-corrected chi connectivity index (χ1v) is 8.99. The summed E-state index contributed by atoms with van der Waals surface area (Å²) < 4.78 is 0. The molecule has 1 atom stereocenters. The third-order valence-corrected chi connectivity index (χ3v) is 4.37. The molecule has 3 rings (SSSR count). The zero-order valence-electron chi connectivity index (χ0n) is 15.8. The van der Waals surface area contributed by atoms with Crippen molar-refractivity contribution in [3.63, 3.8) is 0 Å². The summed E-state index contributed by atoms with van der Waals surface area (Å²) in [6.07, 6.45) is -0.381. The number of carbonyl (C=O) groups is 2. The Labute approximate surface area is 159 Å². The normalized spacial score (nSPS) is 16.2. The van der Waals surface area contributed by atoms with Crippen molar-refractivity contribution in [3.05, 3.63) is 59.7 Å². The molecule has 1 heterocycles. The van der Waals surface area contributed by atoms with E-state index in [2.05, 4.69) is 19.2 Å². The second-order valence-corrected chi connectivity index (χ2v) is 7.13. The SMILES string of the molecule is Cc1cccc(N(C(N)=O)C2N=C(CC(C)C)c3ccccc3NC2=O)c1. The van der Waals surface area contributed by atoms with Crippen LogP contribution >= 0.6 is 0 Å². The number of aryl methyl sites for hydroxylation is 1. The fourth-order valence-corrected chi connectivity index (χ4v) is 3.21. The maximum absolute atomic E-state index is 12.9. The average Bonchev–Trinajstić information content (AvgIpc) is 2.72. The van der Waals surface area contributed by atoms with Crippen LogP contribution in [0.5, 0.6) is 0 Å². The molecule has 3 N–H and O–H groups in total. The van der Waals surface area contributed by atoms with Gasteiger partial charge in [-0.1, -0.05) is 44.2 Å². The molecular weight excluding hydrogens is 340 g/mol. The smallest absolute Gasteiger partial charge is 0.321 e. The summed E-state index contributed by atoms with van der Waals surface area (Å²) in [6.45, 7) is 6.10. The van der Waals surface area contributed by atoms with E-state index in [0.29, 0.717) is 23.7 Å². The van der Waals surface area contributed by atoms with Crippen molar-refractivity contribution in [2.75, 3.05) is 10.2 Å². The van der Waals surface area contributed by atoms with Crippen LogP contribution in [-0.2, 0) is 4.79 Å². The van der Waals surface area contributed by atoms with Crippen molar-refractivity contribution in [1.29, 1.82) is 0 Å². The minimum Gasteiger partial charge on any atom is -0.351 e. The number of benzodiazepines with no additional fused rings is 1. The lowest BCUT2D eigenvalue weighted by atomic mass is 9.99. The minimum absolute atomic E-state index is 0.339. The van der Waals surface area contributed by atoms with E-state index in [1.807, 2.05) is 49.4 Å². The number of anilines is 2. The number of hydrogen-bond donors (Lipinski definition) is 2. The summed E-state index contributed by atoms with van der Waals surface area (Å²) in [5, 5.41) is 2.89. The first-order chi connectivity index (χ1) is 12.9. The quantitative estimate of drug-likeness (QED) is 0.866. The molecule has 3 amide bonds. The number of benzene rings is 2. The molecule has 0 spiro atoms. The number of nitrogens with two attached hydrogens (primary N) is 1. The first-order valence-electron chi connectivity index (χ1n) is 8.99. The number of nitrogens with one attached hydrogen (secondary N) is 1. The first kappa shape index (κ1) is 18.6. The Morgan fingerprint density at radius 3 is 2.63 bits per heavy atom. The van der Waals surface area contributed by atoms with Crippen molar-refractivity contribution in [2.24, 2.45) is 16.6 Å². The summed E-state index contributed by atoms with van der Waals surface area (Å²) in [6, 6.07) is 14.1. The summed E-state index contributed by atoms with van der Waals surface area (Å²) in [7, 11) is 0. The van der Waals surface area contributed by atoms with E-state index < -0.39 is 12.2 Å². The highest BCUT2D eigenvalue weighted by Gasteiger charge is 2.33. The van der Waals surface area contributed by atoms with Crippen molar-refractivity contribution >= 4 is 29.0 Å². The summed E-state index contributed by atoms with van der Waals surface area (Å²) in [4.78, 5) is 31.2. The van der Waals surface area contributed by atoms with E-state index in [-0.39, 0.29) is 5.91 Å². The topological polar surface area (TPSA) is 87.8 Å². The van der Waals surface area contributed by atoms with Crippen LogP contribution in [0, 0.1) is 12.8 Å². The molecule has 0 radical (unpaired) electrons. The zero-order valence-corrected chi connectivity index (χ0v) is 15.8. The standard InChI is InChI=1S/C21H24N4O2/c1-13(2)11-18-16-9-4-5-10-17(16)24-20(26)19(23-18)25(21(22)27)15-8-6-7-14(3)12-15/h4-10,12-13,19H,11H2,1-3H3,(H2,22,27)(H,24,26). The molecular formula is C21H24N4O2. The number of rotatable bonds is 4. The van der Waals surface area contributed by atoms with Gasteiger partial charge in [0.2, 0.25) is 6.17 Å². The molecule has 1 unspecified atom stereocenters. The number of amides is 3. The molecule has 2 aromatic carbocycles. The van der Waals surface area contributed by atoms with Crippen molar-refractivity contribution < 1.29 is 9.59 Å². The highest BCUT2D eigenvalue weighted by Crippen LogP contribution is 2.27. The molecule has 6 nitrogen and oxygen atoms in total. The molecule has 6 heteroatoms. The van der Waals surface area contributed by atoms with E-state index in [4.69, 9.17) is 10.7 Å². The lowest BCUT2D eigenvalue weighted by molar-refractivity contribution is -0.117. The molecule has 0 fully saturated rings. The number of primary amides is 1. The van der Waals surface area contributed by atoms with Gasteiger partial charge in [0, 0.05) is 22.6 Å².